The molecule has 1 aromatic carbocycles. The molecule has 9 heteroatoms. The van der Waals surface area contributed by atoms with Crippen molar-refractivity contribution in [2.75, 3.05) is 0 Å². The Bertz CT molecular complexity index is 640. The number of aromatic nitrogens is 4. The molecule has 0 aliphatic carbocycles. The number of rotatable bonds is 4. The number of tetrazole rings is 1. The van der Waals surface area contributed by atoms with E-state index in [0.29, 0.717) is 11.4 Å². The molecular formula is C11H12N6O3. The molecule has 1 unspecified atom stereocenters. The average molecular weight is 276 g/mol. The molecule has 9 nitrogen and oxygen atoms in total. The van der Waals surface area contributed by atoms with E-state index < -0.39 is 16.9 Å². The van der Waals surface area contributed by atoms with Crippen molar-refractivity contribution < 1.29 is 9.72 Å². The van der Waals surface area contributed by atoms with Crippen LogP contribution in [-0.4, -0.2) is 31.5 Å². The minimum atomic E-state index is -0.535. The molecule has 0 aliphatic rings. The summed E-state index contributed by atoms with van der Waals surface area (Å²) in [5.74, 6) is -0.102. The van der Waals surface area contributed by atoms with E-state index in [4.69, 9.17) is 0 Å². The van der Waals surface area contributed by atoms with Gasteiger partial charge < -0.3 is 5.32 Å². The second kappa shape index (κ2) is 5.43. The highest BCUT2D eigenvalue weighted by atomic mass is 16.6. The molecule has 2 aromatic rings. The van der Waals surface area contributed by atoms with Crippen LogP contribution in [0.25, 0.3) is 0 Å². The lowest BCUT2D eigenvalue weighted by Crippen LogP contribution is -2.27. The summed E-state index contributed by atoms with van der Waals surface area (Å²) in [5.41, 5.74) is 0.728. The summed E-state index contributed by atoms with van der Waals surface area (Å²) < 4.78 is 0. The molecule has 0 fully saturated rings. The van der Waals surface area contributed by atoms with Gasteiger partial charge in [0.2, 0.25) is 0 Å². The van der Waals surface area contributed by atoms with Crippen LogP contribution in [0.15, 0.2) is 18.2 Å². The quantitative estimate of drug-likeness (QED) is 0.631. The van der Waals surface area contributed by atoms with Gasteiger partial charge in [0.05, 0.1) is 11.0 Å². The third-order valence-electron chi connectivity index (χ3n) is 2.63. The van der Waals surface area contributed by atoms with Gasteiger partial charge in [-0.2, -0.15) is 5.21 Å². The molecule has 0 bridgehead atoms. The molecule has 20 heavy (non-hydrogen) atoms. The summed E-state index contributed by atoms with van der Waals surface area (Å²) in [7, 11) is 0. The number of benzene rings is 1. The van der Waals surface area contributed by atoms with Crippen molar-refractivity contribution in [2.45, 2.75) is 19.9 Å². The first-order valence-electron chi connectivity index (χ1n) is 5.77. The first-order chi connectivity index (χ1) is 9.47. The molecule has 2 N–H and O–H groups in total. The minimum Gasteiger partial charge on any atom is -0.342 e. The summed E-state index contributed by atoms with van der Waals surface area (Å²) in [5, 5.41) is 26.6. The topological polar surface area (TPSA) is 127 Å². The molecule has 0 saturated heterocycles. The number of nitro benzene ring substituents is 1. The molecule has 1 atom stereocenters. The fourth-order valence-corrected chi connectivity index (χ4v) is 1.70. The Balaban J connectivity index is 2.19. The Morgan fingerprint density at radius 2 is 2.20 bits per heavy atom. The van der Waals surface area contributed by atoms with Crippen molar-refractivity contribution in [3.05, 3.63) is 45.3 Å². The average Bonchev–Trinajstić information content (AvgIpc) is 2.91. The predicted molar refractivity (Wildman–Crippen MR) is 67.9 cm³/mol. The summed E-state index contributed by atoms with van der Waals surface area (Å²) in [6.45, 7) is 3.37. The first-order valence-corrected chi connectivity index (χ1v) is 5.77. The largest absolute Gasteiger partial charge is 0.342 e. The van der Waals surface area contributed by atoms with E-state index in [9.17, 15) is 14.9 Å². The van der Waals surface area contributed by atoms with Crippen molar-refractivity contribution in [1.82, 2.24) is 25.9 Å². The third kappa shape index (κ3) is 2.94. The van der Waals surface area contributed by atoms with Crippen LogP contribution >= 0.6 is 0 Å². The van der Waals surface area contributed by atoms with Crippen LogP contribution in [0.4, 0.5) is 5.69 Å². The Hall–Kier alpha value is -2.84. The number of non-ortho nitro benzene ring substituents is 1. The van der Waals surface area contributed by atoms with E-state index >= 15 is 0 Å². The fourth-order valence-electron chi connectivity index (χ4n) is 1.70. The van der Waals surface area contributed by atoms with Gasteiger partial charge in [0.15, 0.2) is 5.82 Å². The highest BCUT2D eigenvalue weighted by Crippen LogP contribution is 2.17. The maximum absolute atomic E-state index is 12.1. The number of nitro groups is 1. The van der Waals surface area contributed by atoms with Crippen LogP contribution in [0, 0.1) is 17.0 Å². The molecule has 1 amide bonds. The van der Waals surface area contributed by atoms with Gasteiger partial charge in [-0.25, -0.2) is 0 Å². The van der Waals surface area contributed by atoms with Crippen LogP contribution in [0.3, 0.4) is 0 Å². The van der Waals surface area contributed by atoms with Gasteiger partial charge in [-0.1, -0.05) is 5.21 Å². The van der Waals surface area contributed by atoms with E-state index in [0.717, 1.165) is 0 Å². The number of hydrogen-bond donors (Lipinski definition) is 2. The number of nitrogens with one attached hydrogen (secondary N) is 2. The summed E-state index contributed by atoms with van der Waals surface area (Å²) in [6.07, 6.45) is 0. The summed E-state index contributed by atoms with van der Waals surface area (Å²) in [6, 6.07) is 3.75. The van der Waals surface area contributed by atoms with Gasteiger partial charge in [0.25, 0.3) is 11.6 Å². The van der Waals surface area contributed by atoms with Crippen molar-refractivity contribution in [3.8, 4) is 0 Å². The SMILES string of the molecule is Cc1cc(C(=O)NC(C)c2nn[nH]n2)cc([N+](=O)[O-])c1. The van der Waals surface area contributed by atoms with Crippen molar-refractivity contribution in [2.24, 2.45) is 0 Å². The smallest absolute Gasteiger partial charge is 0.270 e. The Labute approximate surface area is 113 Å². The standard InChI is InChI=1S/C11H12N6O3/c1-6-3-8(5-9(4-6)17(19)20)11(18)12-7(2)10-13-15-16-14-10/h3-5,7H,1-2H3,(H,12,18)(H,13,14,15,16). The number of aryl methyl sites for hydroxylation is 1. The number of amides is 1. The maximum atomic E-state index is 12.1. The Kier molecular flexibility index (Phi) is 3.69. The molecule has 0 saturated carbocycles. The number of H-pyrrole nitrogens is 1. The third-order valence-corrected chi connectivity index (χ3v) is 2.63. The zero-order valence-corrected chi connectivity index (χ0v) is 10.8. The highest BCUT2D eigenvalue weighted by Gasteiger charge is 2.17. The zero-order valence-electron chi connectivity index (χ0n) is 10.8. The van der Waals surface area contributed by atoms with E-state index in [2.05, 4.69) is 25.9 Å². The van der Waals surface area contributed by atoms with Gasteiger partial charge in [0.1, 0.15) is 0 Å². The monoisotopic (exact) mass is 276 g/mol. The van der Waals surface area contributed by atoms with E-state index in [-0.39, 0.29) is 11.3 Å². The molecule has 0 radical (unpaired) electrons. The van der Waals surface area contributed by atoms with Crippen LogP contribution in [0.5, 0.6) is 0 Å². The Morgan fingerprint density at radius 3 is 2.80 bits per heavy atom. The number of carbonyl (C=O) groups excluding carboxylic acids is 1. The van der Waals surface area contributed by atoms with E-state index in [1.54, 1.807) is 19.9 Å². The predicted octanol–water partition coefficient (Wildman–Crippen LogP) is 0.907. The second-order valence-corrected chi connectivity index (χ2v) is 4.28. The van der Waals surface area contributed by atoms with Crippen molar-refractivity contribution >= 4 is 11.6 Å². The van der Waals surface area contributed by atoms with Crippen LogP contribution in [0.1, 0.15) is 34.7 Å². The highest BCUT2D eigenvalue weighted by molar-refractivity contribution is 5.95. The van der Waals surface area contributed by atoms with Crippen molar-refractivity contribution in [3.63, 3.8) is 0 Å². The van der Waals surface area contributed by atoms with E-state index in [1.807, 2.05) is 0 Å². The fraction of sp³-hybridized carbons (Fsp3) is 0.273. The van der Waals surface area contributed by atoms with Crippen LogP contribution in [0.2, 0.25) is 0 Å². The number of nitrogens with zero attached hydrogens (tertiary/aromatic N) is 4. The normalized spacial score (nSPS) is 11.9. The van der Waals surface area contributed by atoms with Gasteiger partial charge >= 0.3 is 0 Å². The lowest BCUT2D eigenvalue weighted by molar-refractivity contribution is -0.384. The molecule has 2 rings (SSSR count). The molecule has 1 heterocycles. The maximum Gasteiger partial charge on any atom is 0.270 e. The van der Waals surface area contributed by atoms with Gasteiger partial charge in [0, 0.05) is 17.7 Å². The molecule has 104 valence electrons. The second-order valence-electron chi connectivity index (χ2n) is 4.28. The molecule has 0 spiro atoms. The summed E-state index contributed by atoms with van der Waals surface area (Å²) >= 11 is 0. The molecule has 0 aliphatic heterocycles. The van der Waals surface area contributed by atoms with Gasteiger partial charge in [-0.05, 0) is 25.5 Å². The van der Waals surface area contributed by atoms with Gasteiger partial charge in [-0.15, -0.1) is 10.2 Å². The molecule has 1 aromatic heterocycles. The number of carbonyl (C=O) groups is 1. The molecular weight excluding hydrogens is 264 g/mol. The first kappa shape index (κ1) is 13.6. The Morgan fingerprint density at radius 1 is 1.45 bits per heavy atom. The van der Waals surface area contributed by atoms with Crippen molar-refractivity contribution in [1.29, 1.82) is 0 Å². The minimum absolute atomic E-state index is 0.123. The van der Waals surface area contributed by atoms with E-state index in [1.165, 1.54) is 12.1 Å². The lowest BCUT2D eigenvalue weighted by atomic mass is 10.1. The van der Waals surface area contributed by atoms with Crippen LogP contribution < -0.4 is 5.32 Å². The summed E-state index contributed by atoms with van der Waals surface area (Å²) in [4.78, 5) is 22.3. The van der Waals surface area contributed by atoms with Crippen LogP contribution in [-0.2, 0) is 0 Å². The number of hydrogen-bond acceptors (Lipinski definition) is 6. The number of aromatic amines is 1. The zero-order chi connectivity index (χ0) is 14.7. The van der Waals surface area contributed by atoms with Gasteiger partial charge in [-0.3, -0.25) is 14.9 Å². The lowest BCUT2D eigenvalue weighted by Gasteiger charge is -2.10.